The Morgan fingerprint density at radius 3 is 2.64 bits per heavy atom. The van der Waals surface area contributed by atoms with E-state index >= 15 is 0 Å². The average Bonchev–Trinajstić information content (AvgIpc) is 3.34. The van der Waals surface area contributed by atoms with Gasteiger partial charge in [-0.2, -0.15) is 0 Å². The van der Waals surface area contributed by atoms with Crippen LogP contribution >= 0.6 is 34.5 Å². The number of amides is 2. The van der Waals surface area contributed by atoms with Crippen molar-refractivity contribution >= 4 is 46.4 Å². The second kappa shape index (κ2) is 10.5. The van der Waals surface area contributed by atoms with Gasteiger partial charge in [0.15, 0.2) is 0 Å². The number of piperazine rings is 1. The SMILES string of the molecule is C[C@@H]1CN(C(=O)CN2CCc3sccc3[C@@H]2c2cccc(F)c2)CCN1C(=O)c1ccc(Cl)c(Cl)c1. The molecule has 0 radical (unpaired) electrons. The lowest BCUT2D eigenvalue weighted by Gasteiger charge is -2.42. The Hall–Kier alpha value is -2.45. The average molecular weight is 546 g/mol. The summed E-state index contributed by atoms with van der Waals surface area (Å²) in [6.07, 6.45) is 0.869. The number of carbonyl (C=O) groups is 2. The van der Waals surface area contributed by atoms with E-state index in [1.54, 1.807) is 46.6 Å². The van der Waals surface area contributed by atoms with Crippen LogP contribution in [0.3, 0.4) is 0 Å². The predicted octanol–water partition coefficient (Wildman–Crippen LogP) is 5.51. The lowest BCUT2D eigenvalue weighted by molar-refractivity contribution is -0.135. The van der Waals surface area contributed by atoms with Gasteiger partial charge < -0.3 is 9.80 Å². The van der Waals surface area contributed by atoms with E-state index in [-0.39, 0.29) is 36.3 Å². The van der Waals surface area contributed by atoms with E-state index in [0.29, 0.717) is 35.2 Å². The molecular weight excluding hydrogens is 520 g/mol. The van der Waals surface area contributed by atoms with E-state index in [4.69, 9.17) is 23.2 Å². The summed E-state index contributed by atoms with van der Waals surface area (Å²) in [5.41, 5.74) is 2.48. The Labute approximate surface area is 224 Å². The zero-order valence-electron chi connectivity index (χ0n) is 19.8. The molecule has 5 rings (SSSR count). The Bertz CT molecular complexity index is 1300. The molecule has 0 N–H and O–H groups in total. The zero-order chi connectivity index (χ0) is 25.4. The number of halogens is 3. The summed E-state index contributed by atoms with van der Waals surface area (Å²) in [7, 11) is 0. The van der Waals surface area contributed by atoms with Crippen molar-refractivity contribution in [3.8, 4) is 0 Å². The first-order chi connectivity index (χ1) is 17.3. The third-order valence-corrected chi connectivity index (χ3v) is 8.71. The van der Waals surface area contributed by atoms with Crippen LogP contribution in [-0.2, 0) is 11.2 Å². The molecule has 2 atom stereocenters. The van der Waals surface area contributed by atoms with Crippen molar-refractivity contribution in [2.24, 2.45) is 0 Å². The molecule has 2 aliphatic heterocycles. The maximum atomic E-state index is 14.1. The zero-order valence-corrected chi connectivity index (χ0v) is 22.1. The lowest BCUT2D eigenvalue weighted by Crippen LogP contribution is -2.57. The van der Waals surface area contributed by atoms with E-state index < -0.39 is 0 Å². The number of carbonyl (C=O) groups excluding carboxylic acids is 2. The van der Waals surface area contributed by atoms with Crippen LogP contribution in [-0.4, -0.2) is 65.3 Å². The summed E-state index contributed by atoms with van der Waals surface area (Å²) < 4.78 is 14.1. The minimum atomic E-state index is -0.280. The molecule has 36 heavy (non-hydrogen) atoms. The molecule has 0 bridgehead atoms. The Kier molecular flexibility index (Phi) is 7.35. The minimum absolute atomic E-state index is 0.0172. The highest BCUT2D eigenvalue weighted by Gasteiger charge is 2.35. The van der Waals surface area contributed by atoms with Crippen molar-refractivity contribution in [3.63, 3.8) is 0 Å². The highest BCUT2D eigenvalue weighted by Crippen LogP contribution is 2.38. The summed E-state index contributed by atoms with van der Waals surface area (Å²) in [6.45, 7) is 4.26. The van der Waals surface area contributed by atoms with Gasteiger partial charge in [0.25, 0.3) is 5.91 Å². The first-order valence-corrected chi connectivity index (χ1v) is 13.5. The molecule has 1 saturated heterocycles. The quantitative estimate of drug-likeness (QED) is 0.433. The second-order valence-electron chi connectivity index (χ2n) is 9.29. The Balaban J connectivity index is 1.28. The number of benzene rings is 2. The molecule has 2 amide bonds. The largest absolute Gasteiger partial charge is 0.338 e. The van der Waals surface area contributed by atoms with E-state index in [9.17, 15) is 14.0 Å². The molecule has 0 aliphatic carbocycles. The normalized spacial score (nSPS) is 20.3. The Morgan fingerprint density at radius 1 is 1.06 bits per heavy atom. The molecule has 9 heteroatoms. The summed E-state index contributed by atoms with van der Waals surface area (Å²) in [5.74, 6) is -0.387. The van der Waals surface area contributed by atoms with Gasteiger partial charge in [0.05, 0.1) is 22.6 Å². The van der Waals surface area contributed by atoms with Gasteiger partial charge in [-0.3, -0.25) is 14.5 Å². The monoisotopic (exact) mass is 545 g/mol. The van der Waals surface area contributed by atoms with Crippen LogP contribution in [0.2, 0.25) is 10.0 Å². The summed E-state index contributed by atoms with van der Waals surface area (Å²) in [6, 6.07) is 13.3. The van der Waals surface area contributed by atoms with Crippen molar-refractivity contribution in [1.29, 1.82) is 0 Å². The number of rotatable bonds is 4. The summed E-state index contributed by atoms with van der Waals surface area (Å²) in [5, 5.41) is 2.81. The molecule has 5 nitrogen and oxygen atoms in total. The van der Waals surface area contributed by atoms with Crippen molar-refractivity contribution in [3.05, 3.63) is 91.3 Å². The van der Waals surface area contributed by atoms with Gasteiger partial charge >= 0.3 is 0 Å². The van der Waals surface area contributed by atoms with E-state index in [1.807, 2.05) is 17.9 Å². The van der Waals surface area contributed by atoms with Gasteiger partial charge in [-0.1, -0.05) is 35.3 Å². The van der Waals surface area contributed by atoms with Crippen molar-refractivity contribution in [2.75, 3.05) is 32.7 Å². The summed E-state index contributed by atoms with van der Waals surface area (Å²) >= 11 is 13.8. The highest BCUT2D eigenvalue weighted by molar-refractivity contribution is 7.10. The fourth-order valence-corrected chi connectivity index (χ4v) is 6.36. The van der Waals surface area contributed by atoms with Crippen LogP contribution in [0, 0.1) is 5.82 Å². The van der Waals surface area contributed by atoms with Gasteiger partial charge in [0, 0.05) is 42.7 Å². The highest BCUT2D eigenvalue weighted by atomic mass is 35.5. The number of thiophene rings is 1. The van der Waals surface area contributed by atoms with Crippen LogP contribution in [0.15, 0.2) is 53.9 Å². The minimum Gasteiger partial charge on any atom is -0.338 e. The molecule has 2 aliphatic rings. The third-order valence-electron chi connectivity index (χ3n) is 6.98. The van der Waals surface area contributed by atoms with E-state index in [0.717, 1.165) is 24.1 Å². The maximum Gasteiger partial charge on any atom is 0.254 e. The molecule has 1 fully saturated rings. The predicted molar refractivity (Wildman–Crippen MR) is 141 cm³/mol. The molecule has 3 heterocycles. The second-order valence-corrected chi connectivity index (χ2v) is 11.1. The first kappa shape index (κ1) is 25.2. The topological polar surface area (TPSA) is 43.9 Å². The van der Waals surface area contributed by atoms with Crippen molar-refractivity contribution in [1.82, 2.24) is 14.7 Å². The van der Waals surface area contributed by atoms with Crippen LogP contribution in [0.4, 0.5) is 4.39 Å². The number of nitrogens with zero attached hydrogens (tertiary/aromatic N) is 3. The smallest absolute Gasteiger partial charge is 0.254 e. The number of hydrogen-bond donors (Lipinski definition) is 0. The summed E-state index contributed by atoms with van der Waals surface area (Å²) in [4.78, 5) is 33.5. The fraction of sp³-hybridized carbons (Fsp3) is 0.333. The van der Waals surface area contributed by atoms with Crippen LogP contribution in [0.5, 0.6) is 0 Å². The molecule has 0 unspecified atom stereocenters. The number of fused-ring (bicyclic) bond motifs is 1. The molecule has 0 saturated carbocycles. The van der Waals surface area contributed by atoms with Gasteiger partial charge in [-0.15, -0.1) is 11.3 Å². The molecule has 0 spiro atoms. The Morgan fingerprint density at radius 2 is 1.89 bits per heavy atom. The molecule has 2 aromatic carbocycles. The van der Waals surface area contributed by atoms with Crippen molar-refractivity contribution in [2.45, 2.75) is 25.4 Å². The van der Waals surface area contributed by atoms with Gasteiger partial charge in [0.2, 0.25) is 5.91 Å². The van der Waals surface area contributed by atoms with E-state index in [2.05, 4.69) is 16.3 Å². The van der Waals surface area contributed by atoms with Crippen molar-refractivity contribution < 1.29 is 14.0 Å². The van der Waals surface area contributed by atoms with Crippen LogP contribution in [0.1, 0.15) is 39.3 Å². The number of hydrogen-bond acceptors (Lipinski definition) is 4. The fourth-order valence-electron chi connectivity index (χ4n) is 5.16. The van der Waals surface area contributed by atoms with Gasteiger partial charge in [-0.25, -0.2) is 4.39 Å². The van der Waals surface area contributed by atoms with Gasteiger partial charge in [-0.05, 0) is 66.2 Å². The standard InChI is InChI=1S/C27H26Cl2FN3O2S/c1-17-15-31(10-11-33(17)27(35)19-5-6-22(28)23(29)14-19)25(34)16-32-9-7-24-21(8-12-36-24)26(32)18-3-2-4-20(30)13-18/h2-6,8,12-14,17,26H,7,9-11,15-16H2,1H3/t17-,26+/m1/s1. The molecule has 188 valence electrons. The maximum absolute atomic E-state index is 14.1. The lowest BCUT2D eigenvalue weighted by atomic mass is 9.93. The molecular formula is C27H26Cl2FN3O2S. The first-order valence-electron chi connectivity index (χ1n) is 11.9. The van der Waals surface area contributed by atoms with Crippen LogP contribution < -0.4 is 0 Å². The van der Waals surface area contributed by atoms with Gasteiger partial charge in [0.1, 0.15) is 5.82 Å². The van der Waals surface area contributed by atoms with Crippen LogP contribution in [0.25, 0.3) is 0 Å². The molecule has 3 aromatic rings. The van der Waals surface area contributed by atoms with E-state index in [1.165, 1.54) is 10.9 Å². The third kappa shape index (κ3) is 5.02. The molecule has 1 aromatic heterocycles.